The van der Waals surface area contributed by atoms with E-state index in [-0.39, 0.29) is 5.54 Å². The van der Waals surface area contributed by atoms with Gasteiger partial charge in [-0.05, 0) is 51.8 Å². The van der Waals surface area contributed by atoms with Crippen molar-refractivity contribution in [3.8, 4) is 0 Å². The van der Waals surface area contributed by atoms with Crippen molar-refractivity contribution in [2.45, 2.75) is 52.2 Å². The Balaban J connectivity index is 1.96. The highest BCUT2D eigenvalue weighted by molar-refractivity contribution is 7.99. The average molecular weight is 307 g/mol. The van der Waals surface area contributed by atoms with Crippen molar-refractivity contribution >= 4 is 11.8 Å². The molecule has 2 nitrogen and oxygen atoms in total. The number of thioether (sulfide) groups is 1. The molecule has 0 aliphatic carbocycles. The molecule has 0 spiro atoms. The highest BCUT2D eigenvalue weighted by Gasteiger charge is 2.19. The molecule has 1 aliphatic rings. The summed E-state index contributed by atoms with van der Waals surface area (Å²) in [4.78, 5) is 2.63. The van der Waals surface area contributed by atoms with Gasteiger partial charge in [0.2, 0.25) is 0 Å². The van der Waals surface area contributed by atoms with Crippen molar-refractivity contribution in [1.29, 1.82) is 0 Å². The number of nitrogens with zero attached hydrogens (tertiary/aromatic N) is 1. The van der Waals surface area contributed by atoms with E-state index in [0.29, 0.717) is 6.04 Å². The molecule has 1 heterocycles. The lowest BCUT2D eigenvalue weighted by Crippen LogP contribution is -2.40. The Hall–Kier alpha value is -0.510. The van der Waals surface area contributed by atoms with E-state index < -0.39 is 0 Å². The fourth-order valence-electron chi connectivity index (χ4n) is 2.74. The third-order valence-electron chi connectivity index (χ3n) is 4.05. The standard InChI is InChI=1S/C18H30N2S/c1-15-14-21-12-11-20(15)13-17-8-6-5-7-16(17)9-10-19-18(2,3)4/h5-8,15,19H,9-14H2,1-4H3. The Morgan fingerprint density at radius 1 is 1.24 bits per heavy atom. The van der Waals surface area contributed by atoms with Crippen LogP contribution in [0, 0.1) is 0 Å². The molecule has 1 aromatic rings. The summed E-state index contributed by atoms with van der Waals surface area (Å²) in [5, 5.41) is 3.59. The molecule has 1 atom stereocenters. The first-order valence-electron chi connectivity index (χ1n) is 8.09. The molecule has 2 rings (SSSR count). The van der Waals surface area contributed by atoms with Gasteiger partial charge >= 0.3 is 0 Å². The molecule has 21 heavy (non-hydrogen) atoms. The van der Waals surface area contributed by atoms with E-state index in [9.17, 15) is 0 Å². The molecular weight excluding hydrogens is 276 g/mol. The number of nitrogens with one attached hydrogen (secondary N) is 1. The van der Waals surface area contributed by atoms with Crippen LogP contribution in [-0.2, 0) is 13.0 Å². The summed E-state index contributed by atoms with van der Waals surface area (Å²) >= 11 is 2.09. The van der Waals surface area contributed by atoms with Crippen LogP contribution >= 0.6 is 11.8 Å². The topological polar surface area (TPSA) is 15.3 Å². The van der Waals surface area contributed by atoms with Crippen molar-refractivity contribution in [3.63, 3.8) is 0 Å². The van der Waals surface area contributed by atoms with E-state index >= 15 is 0 Å². The van der Waals surface area contributed by atoms with E-state index in [1.54, 1.807) is 0 Å². The van der Waals surface area contributed by atoms with Crippen LogP contribution in [0.15, 0.2) is 24.3 Å². The van der Waals surface area contributed by atoms with Gasteiger partial charge in [-0.3, -0.25) is 4.90 Å². The van der Waals surface area contributed by atoms with Crippen LogP contribution in [0.4, 0.5) is 0 Å². The second kappa shape index (κ2) is 7.66. The van der Waals surface area contributed by atoms with Crippen LogP contribution in [0.25, 0.3) is 0 Å². The highest BCUT2D eigenvalue weighted by Crippen LogP contribution is 2.20. The molecule has 0 radical (unpaired) electrons. The van der Waals surface area contributed by atoms with Crippen LogP contribution in [0.5, 0.6) is 0 Å². The minimum Gasteiger partial charge on any atom is -0.312 e. The number of hydrogen-bond acceptors (Lipinski definition) is 3. The van der Waals surface area contributed by atoms with Gasteiger partial charge in [-0.1, -0.05) is 24.3 Å². The summed E-state index contributed by atoms with van der Waals surface area (Å²) in [5.74, 6) is 2.55. The lowest BCUT2D eigenvalue weighted by molar-refractivity contribution is 0.223. The van der Waals surface area contributed by atoms with E-state index in [0.717, 1.165) is 19.5 Å². The van der Waals surface area contributed by atoms with Crippen molar-refractivity contribution in [2.24, 2.45) is 0 Å². The molecule has 1 aliphatic heterocycles. The van der Waals surface area contributed by atoms with E-state index in [4.69, 9.17) is 0 Å². The average Bonchev–Trinajstić information content (AvgIpc) is 2.42. The van der Waals surface area contributed by atoms with E-state index in [1.807, 2.05) is 0 Å². The zero-order valence-corrected chi connectivity index (χ0v) is 14.8. The largest absolute Gasteiger partial charge is 0.312 e. The first kappa shape index (κ1) is 16.9. The summed E-state index contributed by atoms with van der Waals surface area (Å²) in [7, 11) is 0. The van der Waals surface area contributed by atoms with Gasteiger partial charge in [0.1, 0.15) is 0 Å². The molecule has 0 amide bonds. The quantitative estimate of drug-likeness (QED) is 0.895. The third kappa shape index (κ3) is 5.65. The summed E-state index contributed by atoms with van der Waals surface area (Å²) in [6.07, 6.45) is 1.12. The summed E-state index contributed by atoms with van der Waals surface area (Å²) in [6.45, 7) is 12.4. The van der Waals surface area contributed by atoms with Crippen LogP contribution < -0.4 is 5.32 Å². The maximum atomic E-state index is 3.59. The number of benzene rings is 1. The van der Waals surface area contributed by atoms with Gasteiger partial charge in [0, 0.05) is 36.2 Å². The van der Waals surface area contributed by atoms with Gasteiger partial charge in [-0.15, -0.1) is 0 Å². The molecule has 1 saturated heterocycles. The van der Waals surface area contributed by atoms with E-state index in [1.165, 1.54) is 29.2 Å². The van der Waals surface area contributed by atoms with Gasteiger partial charge < -0.3 is 5.32 Å². The van der Waals surface area contributed by atoms with Crippen LogP contribution in [0.2, 0.25) is 0 Å². The Kier molecular flexibility index (Phi) is 6.15. The number of hydrogen-bond donors (Lipinski definition) is 1. The lowest BCUT2D eigenvalue weighted by Gasteiger charge is -2.33. The monoisotopic (exact) mass is 306 g/mol. The Morgan fingerprint density at radius 3 is 2.62 bits per heavy atom. The molecule has 1 unspecified atom stereocenters. The highest BCUT2D eigenvalue weighted by atomic mass is 32.2. The predicted molar refractivity (Wildman–Crippen MR) is 95.1 cm³/mol. The summed E-state index contributed by atoms with van der Waals surface area (Å²) in [6, 6.07) is 9.65. The second-order valence-corrected chi connectivity index (χ2v) is 8.24. The molecule has 1 aromatic carbocycles. The molecule has 118 valence electrons. The molecule has 1 N–H and O–H groups in total. The molecule has 0 bridgehead atoms. The third-order valence-corrected chi connectivity index (χ3v) is 5.24. The van der Waals surface area contributed by atoms with Crippen molar-refractivity contribution in [1.82, 2.24) is 10.2 Å². The minimum atomic E-state index is 0.202. The fraction of sp³-hybridized carbons (Fsp3) is 0.667. The van der Waals surface area contributed by atoms with Crippen LogP contribution in [0.3, 0.4) is 0 Å². The number of rotatable bonds is 5. The molecule has 0 saturated carbocycles. The Labute approximate surface area is 134 Å². The van der Waals surface area contributed by atoms with Gasteiger partial charge in [-0.2, -0.15) is 11.8 Å². The van der Waals surface area contributed by atoms with Crippen molar-refractivity contribution in [3.05, 3.63) is 35.4 Å². The maximum absolute atomic E-state index is 3.59. The van der Waals surface area contributed by atoms with Crippen LogP contribution in [0.1, 0.15) is 38.8 Å². The first-order valence-corrected chi connectivity index (χ1v) is 9.25. The van der Waals surface area contributed by atoms with Crippen LogP contribution in [-0.4, -0.2) is 41.1 Å². The first-order chi connectivity index (χ1) is 9.96. The van der Waals surface area contributed by atoms with Crippen molar-refractivity contribution < 1.29 is 0 Å². The van der Waals surface area contributed by atoms with Gasteiger partial charge in [0.15, 0.2) is 0 Å². The predicted octanol–water partition coefficient (Wildman–Crippen LogP) is 3.55. The smallest absolute Gasteiger partial charge is 0.0239 e. The van der Waals surface area contributed by atoms with Gasteiger partial charge in [0.05, 0.1) is 0 Å². The normalized spacial score (nSPS) is 20.7. The summed E-state index contributed by atoms with van der Waals surface area (Å²) < 4.78 is 0. The fourth-order valence-corrected chi connectivity index (χ4v) is 3.83. The zero-order chi connectivity index (χ0) is 15.3. The second-order valence-electron chi connectivity index (χ2n) is 7.09. The molecule has 1 fully saturated rings. The lowest BCUT2D eigenvalue weighted by atomic mass is 10.0. The summed E-state index contributed by atoms with van der Waals surface area (Å²) in [5.41, 5.74) is 3.21. The molecule has 3 heteroatoms. The van der Waals surface area contributed by atoms with E-state index in [2.05, 4.69) is 73.9 Å². The SMILES string of the molecule is CC1CSCCN1Cc1ccccc1CCNC(C)(C)C. The zero-order valence-electron chi connectivity index (χ0n) is 14.0. The van der Waals surface area contributed by atoms with Crippen molar-refractivity contribution in [2.75, 3.05) is 24.6 Å². The molecule has 0 aromatic heterocycles. The maximum Gasteiger partial charge on any atom is 0.0239 e. The molecular formula is C18H30N2S. The Morgan fingerprint density at radius 2 is 1.95 bits per heavy atom. The van der Waals surface area contributed by atoms with Gasteiger partial charge in [-0.25, -0.2) is 0 Å². The minimum absolute atomic E-state index is 0.202. The Bertz CT molecular complexity index is 439. The van der Waals surface area contributed by atoms with Gasteiger partial charge in [0.25, 0.3) is 0 Å².